The van der Waals surface area contributed by atoms with Gasteiger partial charge in [0.1, 0.15) is 11.9 Å². The van der Waals surface area contributed by atoms with Crippen LogP contribution in [0.4, 0.5) is 0 Å². The van der Waals surface area contributed by atoms with Crippen LogP contribution in [0, 0.1) is 11.8 Å². The molecular formula is C23H29N3O3S. The predicted molar refractivity (Wildman–Crippen MR) is 120 cm³/mol. The van der Waals surface area contributed by atoms with Crippen LogP contribution in [0.5, 0.6) is 0 Å². The van der Waals surface area contributed by atoms with Crippen molar-refractivity contribution in [2.45, 2.75) is 53.1 Å². The maximum Gasteiger partial charge on any atom is 0.326 e. The molecule has 1 aromatic carbocycles. The highest BCUT2D eigenvalue weighted by molar-refractivity contribution is 7.09. The second-order valence-corrected chi connectivity index (χ2v) is 9.52. The minimum atomic E-state index is -1.02. The molecule has 1 unspecified atom stereocenters. The van der Waals surface area contributed by atoms with Crippen molar-refractivity contribution < 1.29 is 14.7 Å². The highest BCUT2D eigenvalue weighted by Gasteiger charge is 2.22. The zero-order chi connectivity index (χ0) is 21.8. The second-order valence-electron chi connectivity index (χ2n) is 8.49. The van der Waals surface area contributed by atoms with Gasteiger partial charge < -0.3 is 15.0 Å². The SMILES string of the molecule is CC(C)CC(NC(=O)c1ccc2c(c1)nc(Cc1cccs1)n2CC(C)C)C(=O)O. The van der Waals surface area contributed by atoms with Gasteiger partial charge in [-0.25, -0.2) is 9.78 Å². The first-order chi connectivity index (χ1) is 14.2. The molecule has 3 aromatic rings. The summed E-state index contributed by atoms with van der Waals surface area (Å²) in [5.74, 6) is 0.197. The summed E-state index contributed by atoms with van der Waals surface area (Å²) >= 11 is 1.70. The summed E-state index contributed by atoms with van der Waals surface area (Å²) < 4.78 is 2.22. The van der Waals surface area contributed by atoms with Gasteiger partial charge in [-0.2, -0.15) is 0 Å². The third kappa shape index (κ3) is 5.27. The van der Waals surface area contributed by atoms with E-state index >= 15 is 0 Å². The summed E-state index contributed by atoms with van der Waals surface area (Å²) in [6.07, 6.45) is 1.13. The minimum Gasteiger partial charge on any atom is -0.480 e. The topological polar surface area (TPSA) is 84.2 Å². The van der Waals surface area contributed by atoms with Crippen LogP contribution in [0.15, 0.2) is 35.7 Å². The largest absolute Gasteiger partial charge is 0.480 e. The number of imidazole rings is 1. The third-order valence-corrected chi connectivity index (χ3v) is 5.74. The first kappa shape index (κ1) is 22.0. The number of fused-ring (bicyclic) bond motifs is 1. The number of carboxylic acid groups (broad SMARTS) is 1. The molecule has 2 heterocycles. The highest BCUT2D eigenvalue weighted by atomic mass is 32.1. The molecule has 2 aromatic heterocycles. The molecule has 0 bridgehead atoms. The molecule has 0 aliphatic carbocycles. The van der Waals surface area contributed by atoms with E-state index in [1.54, 1.807) is 23.5 Å². The molecule has 0 saturated heterocycles. The van der Waals surface area contributed by atoms with Gasteiger partial charge in [0.2, 0.25) is 0 Å². The monoisotopic (exact) mass is 427 g/mol. The molecule has 0 aliphatic rings. The number of thiophene rings is 1. The lowest BCUT2D eigenvalue weighted by atomic mass is 10.0. The van der Waals surface area contributed by atoms with Crippen LogP contribution < -0.4 is 5.32 Å². The van der Waals surface area contributed by atoms with Crippen molar-refractivity contribution in [3.8, 4) is 0 Å². The van der Waals surface area contributed by atoms with Gasteiger partial charge in [-0.1, -0.05) is 33.8 Å². The van der Waals surface area contributed by atoms with Gasteiger partial charge in [-0.15, -0.1) is 11.3 Å². The molecule has 160 valence electrons. The van der Waals surface area contributed by atoms with E-state index in [1.807, 2.05) is 26.0 Å². The number of aromatic nitrogens is 2. The van der Waals surface area contributed by atoms with Crippen LogP contribution in [0.3, 0.4) is 0 Å². The maximum atomic E-state index is 12.7. The summed E-state index contributed by atoms with van der Waals surface area (Å²) in [5.41, 5.74) is 2.17. The van der Waals surface area contributed by atoms with Crippen LogP contribution >= 0.6 is 11.3 Å². The van der Waals surface area contributed by atoms with Crippen molar-refractivity contribution in [3.63, 3.8) is 0 Å². The average Bonchev–Trinajstić information content (AvgIpc) is 3.28. The van der Waals surface area contributed by atoms with Gasteiger partial charge in [0.25, 0.3) is 5.91 Å². The molecule has 0 fully saturated rings. The first-order valence-corrected chi connectivity index (χ1v) is 11.2. The molecule has 7 heteroatoms. The lowest BCUT2D eigenvalue weighted by Gasteiger charge is -2.16. The van der Waals surface area contributed by atoms with Crippen molar-refractivity contribution in [2.24, 2.45) is 11.8 Å². The quantitative estimate of drug-likeness (QED) is 0.524. The second kappa shape index (κ2) is 9.43. The number of amides is 1. The molecule has 2 N–H and O–H groups in total. The number of carbonyl (C=O) groups excluding carboxylic acids is 1. The molecule has 0 spiro atoms. The Bertz CT molecular complexity index is 1020. The smallest absolute Gasteiger partial charge is 0.326 e. The summed E-state index contributed by atoms with van der Waals surface area (Å²) in [6, 6.07) is 8.65. The van der Waals surface area contributed by atoms with Gasteiger partial charge >= 0.3 is 5.97 Å². The lowest BCUT2D eigenvalue weighted by molar-refractivity contribution is -0.139. The average molecular weight is 428 g/mol. The van der Waals surface area contributed by atoms with Crippen molar-refractivity contribution >= 4 is 34.2 Å². The summed E-state index contributed by atoms with van der Waals surface area (Å²) in [4.78, 5) is 30.3. The molecule has 0 aliphatic heterocycles. The molecule has 0 saturated carbocycles. The Kier molecular flexibility index (Phi) is 6.92. The predicted octanol–water partition coefficient (Wildman–Crippen LogP) is 4.57. The van der Waals surface area contributed by atoms with E-state index in [-0.39, 0.29) is 11.8 Å². The third-order valence-electron chi connectivity index (χ3n) is 4.86. The Labute approximate surface area is 180 Å². The Morgan fingerprint density at radius 2 is 1.93 bits per heavy atom. The molecule has 30 heavy (non-hydrogen) atoms. The number of nitrogens with zero attached hydrogens (tertiary/aromatic N) is 2. The van der Waals surface area contributed by atoms with Crippen molar-refractivity contribution in [1.29, 1.82) is 0 Å². The van der Waals surface area contributed by atoms with E-state index in [2.05, 4.69) is 35.2 Å². The van der Waals surface area contributed by atoms with E-state index < -0.39 is 12.0 Å². The number of rotatable bonds is 9. The van der Waals surface area contributed by atoms with Crippen LogP contribution in [0.25, 0.3) is 11.0 Å². The zero-order valence-corrected chi connectivity index (χ0v) is 18.7. The van der Waals surface area contributed by atoms with Gasteiger partial charge in [0, 0.05) is 23.4 Å². The van der Waals surface area contributed by atoms with Crippen LogP contribution in [0.2, 0.25) is 0 Å². The zero-order valence-electron chi connectivity index (χ0n) is 17.9. The molecular weight excluding hydrogens is 398 g/mol. The number of hydrogen-bond donors (Lipinski definition) is 2. The van der Waals surface area contributed by atoms with Crippen molar-refractivity contribution in [3.05, 3.63) is 52.0 Å². The number of benzene rings is 1. The van der Waals surface area contributed by atoms with E-state index in [0.29, 0.717) is 17.9 Å². The van der Waals surface area contributed by atoms with Gasteiger partial charge in [-0.3, -0.25) is 4.79 Å². The number of hydrogen-bond acceptors (Lipinski definition) is 4. The number of aliphatic carboxylic acids is 1. The summed E-state index contributed by atoms with van der Waals surface area (Å²) in [5, 5.41) is 14.1. The fraction of sp³-hybridized carbons (Fsp3) is 0.435. The van der Waals surface area contributed by atoms with E-state index in [9.17, 15) is 14.7 Å². The van der Waals surface area contributed by atoms with Gasteiger partial charge in [0.15, 0.2) is 0 Å². The maximum absolute atomic E-state index is 12.7. The van der Waals surface area contributed by atoms with E-state index in [4.69, 9.17) is 4.98 Å². The van der Waals surface area contributed by atoms with Gasteiger partial charge in [-0.05, 0) is 47.9 Å². The molecule has 3 rings (SSSR count). The molecule has 1 atom stereocenters. The van der Waals surface area contributed by atoms with Gasteiger partial charge in [0.05, 0.1) is 11.0 Å². The number of nitrogens with one attached hydrogen (secondary N) is 1. The normalized spacial score (nSPS) is 12.6. The highest BCUT2D eigenvalue weighted by Crippen LogP contribution is 2.23. The first-order valence-electron chi connectivity index (χ1n) is 10.3. The van der Waals surface area contributed by atoms with Crippen molar-refractivity contribution in [1.82, 2.24) is 14.9 Å². The Morgan fingerprint density at radius 3 is 2.53 bits per heavy atom. The summed E-state index contributed by atoms with van der Waals surface area (Å²) in [7, 11) is 0. The fourth-order valence-electron chi connectivity index (χ4n) is 3.53. The van der Waals surface area contributed by atoms with Crippen LogP contribution in [-0.2, 0) is 17.8 Å². The lowest BCUT2D eigenvalue weighted by Crippen LogP contribution is -2.41. The van der Waals surface area contributed by atoms with E-state index in [1.165, 1.54) is 4.88 Å². The molecule has 1 amide bonds. The van der Waals surface area contributed by atoms with Crippen LogP contribution in [-0.4, -0.2) is 32.6 Å². The van der Waals surface area contributed by atoms with Crippen molar-refractivity contribution in [2.75, 3.05) is 0 Å². The summed E-state index contributed by atoms with van der Waals surface area (Å²) in [6.45, 7) is 9.06. The van der Waals surface area contributed by atoms with E-state index in [0.717, 1.165) is 29.8 Å². The Hall–Kier alpha value is -2.67. The number of carbonyl (C=O) groups is 2. The standard InChI is InChI=1S/C23H29N3O3S/c1-14(2)10-19(23(28)29)25-22(27)16-7-8-20-18(11-16)24-21(26(20)13-15(3)4)12-17-6-5-9-30-17/h5-9,11,14-15,19H,10,12-13H2,1-4H3,(H,25,27)(H,28,29). The Balaban J connectivity index is 1.91. The molecule has 6 nitrogen and oxygen atoms in total. The van der Waals surface area contributed by atoms with Crippen LogP contribution in [0.1, 0.15) is 55.2 Å². The molecule has 0 radical (unpaired) electrons. The minimum absolute atomic E-state index is 0.167. The fourth-order valence-corrected chi connectivity index (χ4v) is 4.23. The Morgan fingerprint density at radius 1 is 1.17 bits per heavy atom. The number of carboxylic acids is 1.